The molecule has 22 heavy (non-hydrogen) atoms. The molecule has 0 fully saturated rings. The summed E-state index contributed by atoms with van der Waals surface area (Å²) in [6.45, 7) is 0.0177. The van der Waals surface area contributed by atoms with Crippen LogP contribution in [0.4, 0.5) is 18.9 Å². The zero-order chi connectivity index (χ0) is 16.3. The first kappa shape index (κ1) is 16.1. The molecule has 118 valence electrons. The highest BCUT2D eigenvalue weighted by molar-refractivity contribution is 6.31. The molecule has 0 spiro atoms. The number of hydrogen-bond acceptors (Lipinski definition) is 4. The number of nitrogens with zero attached hydrogens (tertiary/aromatic N) is 3. The predicted octanol–water partition coefficient (Wildman–Crippen LogP) is 2.05. The van der Waals surface area contributed by atoms with Crippen LogP contribution in [0.3, 0.4) is 0 Å². The number of primary amides is 1. The summed E-state index contributed by atoms with van der Waals surface area (Å²) in [6, 6.07) is 3.50. The summed E-state index contributed by atoms with van der Waals surface area (Å²) < 4.78 is 39.4. The number of nitrogens with two attached hydrogens (primary N) is 1. The summed E-state index contributed by atoms with van der Waals surface area (Å²) in [7, 11) is 0. The highest BCUT2D eigenvalue weighted by atomic mass is 35.5. The average Bonchev–Trinajstić information content (AvgIpc) is 2.83. The second kappa shape index (κ2) is 6.22. The van der Waals surface area contributed by atoms with Gasteiger partial charge in [0.1, 0.15) is 12.2 Å². The second-order valence-electron chi connectivity index (χ2n) is 4.42. The van der Waals surface area contributed by atoms with Gasteiger partial charge in [0.05, 0.1) is 23.3 Å². The van der Waals surface area contributed by atoms with E-state index in [0.29, 0.717) is 5.69 Å². The van der Waals surface area contributed by atoms with Crippen molar-refractivity contribution in [1.82, 2.24) is 15.0 Å². The van der Waals surface area contributed by atoms with Gasteiger partial charge in [0, 0.05) is 5.69 Å². The van der Waals surface area contributed by atoms with Crippen LogP contribution in [0.5, 0.6) is 0 Å². The number of nitrogens with one attached hydrogen (secondary N) is 1. The molecule has 0 bridgehead atoms. The Morgan fingerprint density at radius 1 is 1.41 bits per heavy atom. The van der Waals surface area contributed by atoms with E-state index in [1.807, 2.05) is 0 Å². The molecule has 0 radical (unpaired) electrons. The molecule has 2 rings (SSSR count). The predicted molar refractivity (Wildman–Crippen MR) is 73.0 cm³/mol. The number of carbonyl (C=O) groups is 1. The van der Waals surface area contributed by atoms with E-state index in [9.17, 15) is 18.0 Å². The standard InChI is InChI=1S/C12H11ClF3N5O/c13-10-2-1-7(3-9(10)12(14,15)16)18-4-8-5-21(20-19-8)6-11(17)22/h1-3,5,18H,4,6H2,(H2,17,22). The van der Waals surface area contributed by atoms with Gasteiger partial charge in [0.2, 0.25) is 5.91 Å². The summed E-state index contributed by atoms with van der Waals surface area (Å²) in [5.41, 5.74) is 4.77. The SMILES string of the molecule is NC(=O)Cn1cc(CNc2ccc(Cl)c(C(F)(F)F)c2)nn1. The summed E-state index contributed by atoms with van der Waals surface area (Å²) in [4.78, 5) is 10.7. The first-order valence-corrected chi connectivity index (χ1v) is 6.41. The number of carbonyl (C=O) groups excluding carboxylic acids is 1. The van der Waals surface area contributed by atoms with E-state index >= 15 is 0 Å². The van der Waals surface area contributed by atoms with Crippen molar-refractivity contribution in [2.45, 2.75) is 19.3 Å². The Kier molecular flexibility index (Phi) is 4.55. The highest BCUT2D eigenvalue weighted by Gasteiger charge is 2.33. The van der Waals surface area contributed by atoms with Gasteiger partial charge in [0.25, 0.3) is 0 Å². The van der Waals surface area contributed by atoms with Crippen molar-refractivity contribution in [1.29, 1.82) is 0 Å². The van der Waals surface area contributed by atoms with Crippen molar-refractivity contribution in [2.24, 2.45) is 5.73 Å². The first-order valence-electron chi connectivity index (χ1n) is 6.03. The number of hydrogen-bond donors (Lipinski definition) is 2. The number of rotatable bonds is 5. The fourth-order valence-electron chi connectivity index (χ4n) is 1.70. The van der Waals surface area contributed by atoms with Gasteiger partial charge in [-0.1, -0.05) is 16.8 Å². The molecule has 0 aliphatic carbocycles. The summed E-state index contributed by atoms with van der Waals surface area (Å²) >= 11 is 5.53. The Hall–Kier alpha value is -2.29. The molecule has 1 aromatic carbocycles. The van der Waals surface area contributed by atoms with Crippen LogP contribution in [0.1, 0.15) is 11.3 Å². The molecule has 0 atom stereocenters. The van der Waals surface area contributed by atoms with Crippen LogP contribution < -0.4 is 11.1 Å². The lowest BCUT2D eigenvalue weighted by Gasteiger charge is -2.11. The van der Waals surface area contributed by atoms with Crippen molar-refractivity contribution >= 4 is 23.2 Å². The fraction of sp³-hybridized carbons (Fsp3) is 0.250. The zero-order valence-electron chi connectivity index (χ0n) is 11.1. The van der Waals surface area contributed by atoms with E-state index < -0.39 is 17.6 Å². The molecule has 1 aromatic heterocycles. The van der Waals surface area contributed by atoms with Crippen LogP contribution in [-0.2, 0) is 24.1 Å². The van der Waals surface area contributed by atoms with Crippen LogP contribution in [-0.4, -0.2) is 20.9 Å². The van der Waals surface area contributed by atoms with Gasteiger partial charge in [-0.2, -0.15) is 13.2 Å². The minimum Gasteiger partial charge on any atom is -0.379 e. The summed E-state index contributed by atoms with van der Waals surface area (Å²) in [5.74, 6) is -0.572. The molecule has 6 nitrogen and oxygen atoms in total. The van der Waals surface area contributed by atoms with E-state index in [1.165, 1.54) is 16.9 Å². The van der Waals surface area contributed by atoms with Crippen LogP contribution in [0.2, 0.25) is 5.02 Å². The topological polar surface area (TPSA) is 85.8 Å². The molecule has 0 aliphatic rings. The molecule has 0 saturated carbocycles. The van der Waals surface area contributed by atoms with Gasteiger partial charge in [-0.15, -0.1) is 5.10 Å². The maximum atomic E-state index is 12.7. The van der Waals surface area contributed by atoms with Crippen LogP contribution in [0.15, 0.2) is 24.4 Å². The molecular formula is C12H11ClF3N5O. The monoisotopic (exact) mass is 333 g/mol. The van der Waals surface area contributed by atoms with E-state index in [1.54, 1.807) is 0 Å². The number of anilines is 1. The minimum atomic E-state index is -4.53. The van der Waals surface area contributed by atoms with Gasteiger partial charge in [-0.05, 0) is 18.2 Å². The molecule has 0 saturated heterocycles. The van der Waals surface area contributed by atoms with Gasteiger partial charge < -0.3 is 11.1 Å². The van der Waals surface area contributed by atoms with Crippen molar-refractivity contribution < 1.29 is 18.0 Å². The Morgan fingerprint density at radius 2 is 2.14 bits per heavy atom. The normalized spacial score (nSPS) is 11.5. The van der Waals surface area contributed by atoms with Gasteiger partial charge in [-0.25, -0.2) is 4.68 Å². The highest BCUT2D eigenvalue weighted by Crippen LogP contribution is 2.36. The largest absolute Gasteiger partial charge is 0.417 e. The second-order valence-corrected chi connectivity index (χ2v) is 4.83. The van der Waals surface area contributed by atoms with Gasteiger partial charge in [-0.3, -0.25) is 4.79 Å². The zero-order valence-corrected chi connectivity index (χ0v) is 11.8. The molecule has 3 N–H and O–H groups in total. The molecule has 1 amide bonds. The maximum absolute atomic E-state index is 12.7. The summed E-state index contributed by atoms with van der Waals surface area (Å²) in [6.07, 6.45) is -3.06. The maximum Gasteiger partial charge on any atom is 0.417 e. The third-order valence-corrected chi connectivity index (χ3v) is 2.98. The number of alkyl halides is 3. The lowest BCUT2D eigenvalue weighted by atomic mass is 10.2. The van der Waals surface area contributed by atoms with E-state index in [4.69, 9.17) is 17.3 Å². The van der Waals surface area contributed by atoms with Crippen molar-refractivity contribution in [3.8, 4) is 0 Å². The number of amides is 1. The molecule has 10 heteroatoms. The quantitative estimate of drug-likeness (QED) is 0.877. The lowest BCUT2D eigenvalue weighted by molar-refractivity contribution is -0.137. The summed E-state index contributed by atoms with van der Waals surface area (Å²) in [5, 5.41) is 9.84. The Morgan fingerprint density at radius 3 is 2.77 bits per heavy atom. The van der Waals surface area contributed by atoms with Crippen molar-refractivity contribution in [3.63, 3.8) is 0 Å². The third-order valence-electron chi connectivity index (χ3n) is 2.65. The van der Waals surface area contributed by atoms with Crippen LogP contribution >= 0.6 is 11.6 Å². The van der Waals surface area contributed by atoms with Crippen LogP contribution in [0.25, 0.3) is 0 Å². The minimum absolute atomic E-state index is 0.119. The van der Waals surface area contributed by atoms with E-state index in [-0.39, 0.29) is 23.8 Å². The number of halogens is 4. The van der Waals surface area contributed by atoms with Crippen molar-refractivity contribution in [3.05, 3.63) is 40.7 Å². The van der Waals surface area contributed by atoms with Crippen molar-refractivity contribution in [2.75, 3.05) is 5.32 Å². The average molecular weight is 334 g/mol. The smallest absolute Gasteiger partial charge is 0.379 e. The molecule has 1 heterocycles. The molecule has 2 aromatic rings. The van der Waals surface area contributed by atoms with Gasteiger partial charge in [0.15, 0.2) is 0 Å². The Labute approximate surface area is 128 Å². The van der Waals surface area contributed by atoms with E-state index in [0.717, 1.165) is 12.1 Å². The van der Waals surface area contributed by atoms with Gasteiger partial charge >= 0.3 is 6.18 Å². The molecule has 0 aliphatic heterocycles. The lowest BCUT2D eigenvalue weighted by Crippen LogP contribution is -2.18. The van der Waals surface area contributed by atoms with E-state index in [2.05, 4.69) is 15.6 Å². The number of benzene rings is 1. The van der Waals surface area contributed by atoms with Crippen LogP contribution in [0, 0.1) is 0 Å². The Bertz CT molecular complexity index is 686. The molecule has 0 unspecified atom stereocenters. The first-order chi connectivity index (χ1) is 10.3. The number of aromatic nitrogens is 3. The Balaban J connectivity index is 2.05. The molecular weight excluding hydrogens is 323 g/mol. The third kappa shape index (κ3) is 4.10. The fourth-order valence-corrected chi connectivity index (χ4v) is 1.93.